The maximum Gasteiger partial charge on any atom is 0.220 e. The van der Waals surface area contributed by atoms with Crippen LogP contribution in [0.2, 0.25) is 0 Å². The number of aliphatic hydroxyl groups is 8. The van der Waals surface area contributed by atoms with E-state index in [1.807, 2.05) is 6.08 Å². The third-order valence-electron chi connectivity index (χ3n) is 12.1. The largest absolute Gasteiger partial charge is 0.394 e. The molecule has 9 N–H and O–H groups in total. The molecule has 0 aliphatic carbocycles. The summed E-state index contributed by atoms with van der Waals surface area (Å²) in [5, 5.41) is 86.6. The van der Waals surface area contributed by atoms with E-state index >= 15 is 0 Å². The Kier molecular flexibility index (Phi) is 32.6. The summed E-state index contributed by atoms with van der Waals surface area (Å²) in [4.78, 5) is 13.1. The Hall–Kier alpha value is -1.53. The van der Waals surface area contributed by atoms with Gasteiger partial charge in [-0.05, 0) is 44.9 Å². The summed E-state index contributed by atoms with van der Waals surface area (Å²) >= 11 is 0. The second-order valence-electron chi connectivity index (χ2n) is 17.6. The summed E-state index contributed by atoms with van der Waals surface area (Å²) in [6, 6.07) is -0.914. The highest BCUT2D eigenvalue weighted by atomic mass is 16.7. The van der Waals surface area contributed by atoms with E-state index in [-0.39, 0.29) is 18.9 Å². The van der Waals surface area contributed by atoms with Gasteiger partial charge >= 0.3 is 0 Å². The zero-order valence-electron chi connectivity index (χ0n) is 38.4. The number of amides is 1. The van der Waals surface area contributed by atoms with Crippen LogP contribution in [0.4, 0.5) is 0 Å². The quantitative estimate of drug-likeness (QED) is 0.0267. The minimum atomic E-state index is -1.79. The molecule has 2 heterocycles. The number of carbonyl (C=O) groups excluding carboxylic acids is 1. The van der Waals surface area contributed by atoms with E-state index in [0.29, 0.717) is 6.42 Å². The van der Waals surface area contributed by atoms with Crippen LogP contribution in [0.25, 0.3) is 0 Å². The number of allylic oxidation sites excluding steroid dienone is 3. The topological polar surface area (TPSA) is 228 Å². The molecule has 0 saturated carbocycles. The van der Waals surface area contributed by atoms with Gasteiger partial charge in [-0.2, -0.15) is 0 Å². The molecule has 364 valence electrons. The van der Waals surface area contributed by atoms with Crippen molar-refractivity contribution in [2.45, 2.75) is 254 Å². The second-order valence-corrected chi connectivity index (χ2v) is 17.6. The van der Waals surface area contributed by atoms with Crippen molar-refractivity contribution < 1.29 is 64.6 Å². The monoisotopic (exact) mass is 888 g/mol. The van der Waals surface area contributed by atoms with Crippen LogP contribution in [0.1, 0.15) is 181 Å². The summed E-state index contributed by atoms with van der Waals surface area (Å²) < 4.78 is 22.6. The first-order chi connectivity index (χ1) is 30.1. The maximum absolute atomic E-state index is 13.1. The second kappa shape index (κ2) is 35.7. The zero-order valence-corrected chi connectivity index (χ0v) is 38.4. The molecule has 1 amide bonds. The summed E-state index contributed by atoms with van der Waals surface area (Å²) in [6.07, 6.45) is 20.7. The van der Waals surface area contributed by atoms with Gasteiger partial charge in [0.25, 0.3) is 0 Å². The van der Waals surface area contributed by atoms with Gasteiger partial charge in [-0.1, -0.05) is 154 Å². The molecule has 2 aliphatic rings. The summed E-state index contributed by atoms with van der Waals surface area (Å²) in [7, 11) is 0. The van der Waals surface area contributed by atoms with Gasteiger partial charge in [0, 0.05) is 6.42 Å². The fourth-order valence-electron chi connectivity index (χ4n) is 8.05. The molecule has 0 aromatic heterocycles. The van der Waals surface area contributed by atoms with Crippen molar-refractivity contribution in [2.75, 3.05) is 19.8 Å². The normalized spacial score (nSPS) is 27.9. The number of hydrogen-bond donors (Lipinski definition) is 9. The molecule has 0 bridgehead atoms. The fraction of sp³-hybridized carbons (Fsp3) is 0.896. The van der Waals surface area contributed by atoms with Gasteiger partial charge < -0.3 is 65.1 Å². The van der Waals surface area contributed by atoms with E-state index in [1.54, 1.807) is 6.08 Å². The van der Waals surface area contributed by atoms with Gasteiger partial charge in [0.1, 0.15) is 48.8 Å². The molecule has 0 spiro atoms. The van der Waals surface area contributed by atoms with Crippen LogP contribution < -0.4 is 5.32 Å². The highest BCUT2D eigenvalue weighted by molar-refractivity contribution is 5.76. The lowest BCUT2D eigenvalue weighted by atomic mass is 9.97. The summed E-state index contributed by atoms with van der Waals surface area (Å²) in [5.74, 6) is -0.250. The average Bonchev–Trinajstić information content (AvgIpc) is 3.27. The van der Waals surface area contributed by atoms with Gasteiger partial charge in [-0.25, -0.2) is 0 Å². The molecule has 14 heteroatoms. The minimum Gasteiger partial charge on any atom is -0.394 e. The van der Waals surface area contributed by atoms with Gasteiger partial charge in [0.05, 0.1) is 32.0 Å². The van der Waals surface area contributed by atoms with Gasteiger partial charge in [0.2, 0.25) is 5.91 Å². The minimum absolute atomic E-state index is 0.250. The molecule has 2 fully saturated rings. The Labute approximate surface area is 373 Å². The van der Waals surface area contributed by atoms with Crippen molar-refractivity contribution in [3.8, 4) is 0 Å². The van der Waals surface area contributed by atoms with Crippen LogP contribution in [0, 0.1) is 0 Å². The number of nitrogens with one attached hydrogen (secondary N) is 1. The molecule has 0 aromatic rings. The highest BCUT2D eigenvalue weighted by Gasteiger charge is 2.51. The van der Waals surface area contributed by atoms with Gasteiger partial charge in [-0.3, -0.25) is 4.79 Å². The molecule has 0 aromatic carbocycles. The third kappa shape index (κ3) is 23.1. The van der Waals surface area contributed by atoms with Crippen LogP contribution in [0.5, 0.6) is 0 Å². The molecule has 4 unspecified atom stereocenters. The standard InChI is InChI=1S/C48H89NO13/c1-3-5-7-9-11-13-15-17-18-20-22-24-26-28-30-32-40(53)49-36(37(52)31-29-27-25-23-21-19-16-14-12-10-8-6-4-2)35-59-47-45(58)43(56)46(39(34-51)61-47)62-48-44(57)42(55)41(54)38(33-50)60-48/h17-18,29,31,36-39,41-48,50-52,54-58H,3-16,19-28,30,32-35H2,1-2H3,(H,49,53)/b18-17-,31-29+/t36-,37+,38?,39?,41-,42-,43+,44?,45?,46+,47+,48-/m0/s1. The lowest BCUT2D eigenvalue weighted by Gasteiger charge is -2.46. The van der Waals surface area contributed by atoms with Crippen LogP contribution >= 0.6 is 0 Å². The zero-order chi connectivity index (χ0) is 45.4. The van der Waals surface area contributed by atoms with Crippen molar-refractivity contribution in [1.82, 2.24) is 5.32 Å². The molecule has 62 heavy (non-hydrogen) atoms. The molecule has 2 rings (SSSR count). The van der Waals surface area contributed by atoms with E-state index in [9.17, 15) is 45.6 Å². The summed E-state index contributed by atoms with van der Waals surface area (Å²) in [6.45, 7) is 2.76. The molecule has 2 saturated heterocycles. The lowest BCUT2D eigenvalue weighted by molar-refractivity contribution is -0.359. The lowest BCUT2D eigenvalue weighted by Crippen LogP contribution is -2.65. The van der Waals surface area contributed by atoms with E-state index in [4.69, 9.17) is 18.9 Å². The fourth-order valence-corrected chi connectivity index (χ4v) is 8.05. The molecule has 0 radical (unpaired) electrons. The van der Waals surface area contributed by atoms with Crippen molar-refractivity contribution in [2.24, 2.45) is 0 Å². The predicted octanol–water partition coefficient (Wildman–Crippen LogP) is 5.77. The van der Waals surface area contributed by atoms with E-state index < -0.39 is 86.8 Å². The first kappa shape index (κ1) is 56.6. The average molecular weight is 888 g/mol. The number of carbonyl (C=O) groups is 1. The van der Waals surface area contributed by atoms with Crippen molar-refractivity contribution in [1.29, 1.82) is 0 Å². The molecule has 14 nitrogen and oxygen atoms in total. The number of hydrogen-bond acceptors (Lipinski definition) is 13. The third-order valence-corrected chi connectivity index (χ3v) is 12.1. The van der Waals surface area contributed by atoms with Crippen molar-refractivity contribution in [3.05, 3.63) is 24.3 Å². The van der Waals surface area contributed by atoms with E-state index in [2.05, 4.69) is 31.3 Å². The molecular weight excluding hydrogens is 799 g/mol. The Morgan fingerprint density at radius 2 is 1.02 bits per heavy atom. The van der Waals surface area contributed by atoms with Crippen molar-refractivity contribution in [3.63, 3.8) is 0 Å². The Morgan fingerprint density at radius 1 is 0.565 bits per heavy atom. The number of ether oxygens (including phenoxy) is 4. The molecule has 2 aliphatic heterocycles. The SMILES string of the molecule is CCCCCCCC/C=C\CCCCCCCC(=O)N[C@@H](CO[C@@H]1OC(CO)[C@@H](O[C@@H]2OC(CO)[C@H](O)[C@H](O)C2O)[C@H](O)C1O)[C@H](O)/C=C/CCCCCCCCCCCCC. The number of aliphatic hydroxyl groups excluding tert-OH is 8. The summed E-state index contributed by atoms with van der Waals surface area (Å²) in [5.41, 5.74) is 0. The number of unbranched alkanes of at least 4 members (excludes halogenated alkanes) is 22. The first-order valence-electron chi connectivity index (χ1n) is 24.6. The van der Waals surface area contributed by atoms with E-state index in [0.717, 1.165) is 57.8 Å². The Balaban J connectivity index is 1.88. The predicted molar refractivity (Wildman–Crippen MR) is 240 cm³/mol. The van der Waals surface area contributed by atoms with Crippen LogP contribution in [-0.4, -0.2) is 140 Å². The highest BCUT2D eigenvalue weighted by Crippen LogP contribution is 2.30. The number of rotatable bonds is 37. The smallest absolute Gasteiger partial charge is 0.220 e. The molecular formula is C48H89NO13. The first-order valence-corrected chi connectivity index (χ1v) is 24.6. The van der Waals surface area contributed by atoms with E-state index in [1.165, 1.54) is 96.3 Å². The Morgan fingerprint density at radius 3 is 1.53 bits per heavy atom. The van der Waals surface area contributed by atoms with Crippen LogP contribution in [-0.2, 0) is 23.7 Å². The van der Waals surface area contributed by atoms with Gasteiger partial charge in [-0.15, -0.1) is 0 Å². The Bertz CT molecular complexity index is 1140. The van der Waals surface area contributed by atoms with Crippen LogP contribution in [0.3, 0.4) is 0 Å². The maximum atomic E-state index is 13.1. The molecule has 12 atom stereocenters. The van der Waals surface area contributed by atoms with Crippen molar-refractivity contribution >= 4 is 5.91 Å². The van der Waals surface area contributed by atoms with Crippen LogP contribution in [0.15, 0.2) is 24.3 Å². The van der Waals surface area contributed by atoms with Gasteiger partial charge in [0.15, 0.2) is 12.6 Å².